The molecule has 0 saturated carbocycles. The summed E-state index contributed by atoms with van der Waals surface area (Å²) in [5.74, 6) is 1.68. The maximum Gasteiger partial charge on any atom is 0.120 e. The topological polar surface area (TPSA) is 24.5 Å². The number of nitrogens with one attached hydrogen (secondary N) is 1. The molecule has 3 nitrogen and oxygen atoms in total. The summed E-state index contributed by atoms with van der Waals surface area (Å²) in [7, 11) is 0. The molecule has 112 valence electrons. The fourth-order valence-electron chi connectivity index (χ4n) is 2.71. The number of benzene rings is 1. The van der Waals surface area contributed by atoms with Gasteiger partial charge in [-0.05, 0) is 30.5 Å². The lowest BCUT2D eigenvalue weighted by atomic mass is 10.0. The van der Waals surface area contributed by atoms with Crippen LogP contribution in [0.5, 0.6) is 5.75 Å². The number of nitrogens with zero attached hydrogens (tertiary/aromatic N) is 1. The molecule has 1 heterocycles. The minimum atomic E-state index is 0.648. The molecule has 0 aromatic heterocycles. The van der Waals surface area contributed by atoms with Crippen molar-refractivity contribution in [1.29, 1.82) is 0 Å². The van der Waals surface area contributed by atoms with E-state index in [1.54, 1.807) is 0 Å². The molecule has 0 spiro atoms. The van der Waals surface area contributed by atoms with Gasteiger partial charge in [0.1, 0.15) is 12.4 Å². The van der Waals surface area contributed by atoms with Gasteiger partial charge < -0.3 is 10.1 Å². The Kier molecular flexibility index (Phi) is 6.33. The summed E-state index contributed by atoms with van der Waals surface area (Å²) in [5.41, 5.74) is 0. The van der Waals surface area contributed by atoms with E-state index in [2.05, 4.69) is 40.0 Å². The predicted molar refractivity (Wildman–Crippen MR) is 87.3 cm³/mol. The van der Waals surface area contributed by atoms with E-state index < -0.39 is 0 Å². The Balaban J connectivity index is 1.79. The Morgan fingerprint density at radius 3 is 3.05 bits per heavy atom. The zero-order chi connectivity index (χ0) is 14.4. The summed E-state index contributed by atoms with van der Waals surface area (Å²) in [6, 6.07) is 8.69. The molecule has 2 rings (SSSR count). The van der Waals surface area contributed by atoms with Gasteiger partial charge in [-0.15, -0.1) is 0 Å². The van der Waals surface area contributed by atoms with Crippen LogP contribution in [-0.2, 0) is 0 Å². The van der Waals surface area contributed by atoms with Gasteiger partial charge in [-0.25, -0.2) is 0 Å². The molecule has 0 amide bonds. The second-order valence-electron chi connectivity index (χ2n) is 5.83. The predicted octanol–water partition coefficient (Wildman–Crippen LogP) is 3.15. The lowest BCUT2D eigenvalue weighted by Gasteiger charge is -2.37. The number of hydrogen-bond donors (Lipinski definition) is 1. The Morgan fingerprint density at radius 2 is 2.30 bits per heavy atom. The van der Waals surface area contributed by atoms with Gasteiger partial charge in [0, 0.05) is 36.7 Å². The van der Waals surface area contributed by atoms with E-state index in [1.165, 1.54) is 6.42 Å². The van der Waals surface area contributed by atoms with Crippen LogP contribution in [0.15, 0.2) is 28.7 Å². The molecule has 1 fully saturated rings. The van der Waals surface area contributed by atoms with E-state index in [0.29, 0.717) is 6.04 Å². The van der Waals surface area contributed by atoms with Crippen molar-refractivity contribution in [2.24, 2.45) is 5.92 Å². The molecular formula is C16H25BrN2O. The van der Waals surface area contributed by atoms with Crippen molar-refractivity contribution in [3.05, 3.63) is 28.7 Å². The van der Waals surface area contributed by atoms with Crippen LogP contribution in [0.1, 0.15) is 20.3 Å². The highest BCUT2D eigenvalue weighted by Crippen LogP contribution is 2.18. The third kappa shape index (κ3) is 5.08. The largest absolute Gasteiger partial charge is 0.492 e. The number of piperazine rings is 1. The van der Waals surface area contributed by atoms with Crippen LogP contribution in [0.2, 0.25) is 0 Å². The highest BCUT2D eigenvalue weighted by atomic mass is 79.9. The minimum Gasteiger partial charge on any atom is -0.492 e. The van der Waals surface area contributed by atoms with E-state index in [9.17, 15) is 0 Å². The van der Waals surface area contributed by atoms with Crippen molar-refractivity contribution in [3.63, 3.8) is 0 Å². The quantitative estimate of drug-likeness (QED) is 0.860. The number of ether oxygens (including phenoxy) is 1. The molecule has 1 aromatic rings. The molecule has 0 radical (unpaired) electrons. The fourth-order valence-corrected chi connectivity index (χ4v) is 3.09. The molecule has 0 aliphatic carbocycles. The first kappa shape index (κ1) is 15.8. The molecule has 20 heavy (non-hydrogen) atoms. The maximum absolute atomic E-state index is 5.85. The van der Waals surface area contributed by atoms with Gasteiger partial charge in [0.25, 0.3) is 0 Å². The van der Waals surface area contributed by atoms with E-state index in [4.69, 9.17) is 4.74 Å². The molecule has 1 aliphatic heterocycles. The number of rotatable bonds is 6. The average Bonchev–Trinajstić information content (AvgIpc) is 2.40. The van der Waals surface area contributed by atoms with Crippen molar-refractivity contribution in [3.8, 4) is 5.75 Å². The summed E-state index contributed by atoms with van der Waals surface area (Å²) in [6.45, 7) is 9.67. The second kappa shape index (κ2) is 8.01. The Labute approximate surface area is 130 Å². The van der Waals surface area contributed by atoms with Crippen molar-refractivity contribution in [2.75, 3.05) is 32.8 Å². The van der Waals surface area contributed by atoms with Crippen LogP contribution in [0.3, 0.4) is 0 Å². The number of halogens is 1. The third-order valence-electron chi connectivity index (χ3n) is 3.66. The second-order valence-corrected chi connectivity index (χ2v) is 6.74. The SMILES string of the molecule is CC(C)CC1CNCCN1CCOc1cccc(Br)c1. The highest BCUT2D eigenvalue weighted by molar-refractivity contribution is 9.10. The molecule has 1 unspecified atom stereocenters. The van der Waals surface area contributed by atoms with E-state index in [1.807, 2.05) is 24.3 Å². The first-order valence-electron chi connectivity index (χ1n) is 7.48. The van der Waals surface area contributed by atoms with E-state index in [0.717, 1.165) is 48.9 Å². The van der Waals surface area contributed by atoms with Gasteiger partial charge in [0.05, 0.1) is 0 Å². The fraction of sp³-hybridized carbons (Fsp3) is 0.625. The molecule has 4 heteroatoms. The van der Waals surface area contributed by atoms with Gasteiger partial charge in [-0.2, -0.15) is 0 Å². The Bertz CT molecular complexity index is 411. The van der Waals surface area contributed by atoms with Crippen molar-refractivity contribution in [2.45, 2.75) is 26.3 Å². The standard InChI is InChI=1S/C16H25BrN2O/c1-13(2)10-15-12-18-6-7-19(15)8-9-20-16-5-3-4-14(17)11-16/h3-5,11,13,15,18H,6-10,12H2,1-2H3. The monoisotopic (exact) mass is 340 g/mol. The first-order chi connectivity index (χ1) is 9.65. The third-order valence-corrected chi connectivity index (χ3v) is 4.15. The molecular weight excluding hydrogens is 316 g/mol. The molecule has 1 saturated heterocycles. The van der Waals surface area contributed by atoms with Crippen LogP contribution < -0.4 is 10.1 Å². The first-order valence-corrected chi connectivity index (χ1v) is 8.27. The highest BCUT2D eigenvalue weighted by Gasteiger charge is 2.22. The molecule has 1 aromatic carbocycles. The summed E-state index contributed by atoms with van der Waals surface area (Å²) < 4.78 is 6.92. The summed E-state index contributed by atoms with van der Waals surface area (Å²) in [6.07, 6.45) is 1.25. The molecule has 0 bridgehead atoms. The lowest BCUT2D eigenvalue weighted by Crippen LogP contribution is -2.52. The molecule has 1 atom stereocenters. The lowest BCUT2D eigenvalue weighted by molar-refractivity contribution is 0.119. The average molecular weight is 341 g/mol. The van der Waals surface area contributed by atoms with Crippen molar-refractivity contribution >= 4 is 15.9 Å². The van der Waals surface area contributed by atoms with Gasteiger partial charge in [0.15, 0.2) is 0 Å². The normalized spacial score (nSPS) is 20.3. The summed E-state index contributed by atoms with van der Waals surface area (Å²) >= 11 is 3.47. The molecule has 1 N–H and O–H groups in total. The number of hydrogen-bond acceptors (Lipinski definition) is 3. The van der Waals surface area contributed by atoms with Crippen LogP contribution >= 0.6 is 15.9 Å². The van der Waals surface area contributed by atoms with Crippen LogP contribution in [0.4, 0.5) is 0 Å². The van der Waals surface area contributed by atoms with Crippen LogP contribution in [-0.4, -0.2) is 43.7 Å². The Morgan fingerprint density at radius 1 is 1.45 bits per heavy atom. The zero-order valence-electron chi connectivity index (χ0n) is 12.4. The van der Waals surface area contributed by atoms with Crippen molar-refractivity contribution in [1.82, 2.24) is 10.2 Å². The van der Waals surface area contributed by atoms with E-state index >= 15 is 0 Å². The van der Waals surface area contributed by atoms with E-state index in [-0.39, 0.29) is 0 Å². The van der Waals surface area contributed by atoms with Crippen LogP contribution in [0, 0.1) is 5.92 Å². The Hall–Kier alpha value is -0.580. The van der Waals surface area contributed by atoms with Gasteiger partial charge in [0.2, 0.25) is 0 Å². The smallest absolute Gasteiger partial charge is 0.120 e. The zero-order valence-corrected chi connectivity index (χ0v) is 14.0. The van der Waals surface area contributed by atoms with Gasteiger partial charge in [-0.1, -0.05) is 35.8 Å². The minimum absolute atomic E-state index is 0.648. The van der Waals surface area contributed by atoms with Crippen LogP contribution in [0.25, 0.3) is 0 Å². The van der Waals surface area contributed by atoms with Crippen molar-refractivity contribution < 1.29 is 4.74 Å². The van der Waals surface area contributed by atoms with Gasteiger partial charge >= 0.3 is 0 Å². The summed E-state index contributed by atoms with van der Waals surface area (Å²) in [5, 5.41) is 3.50. The summed E-state index contributed by atoms with van der Waals surface area (Å²) in [4.78, 5) is 2.56. The maximum atomic E-state index is 5.85. The molecule has 1 aliphatic rings. The van der Waals surface area contributed by atoms with Gasteiger partial charge in [-0.3, -0.25) is 4.90 Å².